The van der Waals surface area contributed by atoms with Gasteiger partial charge in [-0.15, -0.1) is 10.0 Å². The molecule has 0 atom stereocenters. The molecule has 0 bridgehead atoms. The Bertz CT molecular complexity index is 885. The molecule has 2 nitrogen and oxygen atoms in total. The van der Waals surface area contributed by atoms with Crippen molar-refractivity contribution in [3.05, 3.63) is 103 Å². The van der Waals surface area contributed by atoms with Crippen molar-refractivity contribution < 1.29 is 0 Å². The summed E-state index contributed by atoms with van der Waals surface area (Å²) in [5.74, 6) is 0. The molecule has 6 heteroatoms. The zero-order valence-electron chi connectivity index (χ0n) is 13.9. The quantitative estimate of drug-likeness (QED) is 0.528. The van der Waals surface area contributed by atoms with Gasteiger partial charge in [0.15, 0.2) is 0 Å². The third-order valence-corrected chi connectivity index (χ3v) is 12.0. The van der Waals surface area contributed by atoms with Crippen molar-refractivity contribution in [2.45, 2.75) is 0 Å². The molecular formula is C20H16N2S4. The monoisotopic (exact) mass is 412 g/mol. The van der Waals surface area contributed by atoms with Gasteiger partial charge in [0.05, 0.1) is 8.47 Å². The molecule has 0 amide bonds. The summed E-state index contributed by atoms with van der Waals surface area (Å²) in [5.41, 5.74) is 2.11. The van der Waals surface area contributed by atoms with Crippen molar-refractivity contribution in [2.24, 2.45) is 0 Å². The molecule has 0 saturated heterocycles. The van der Waals surface area contributed by atoms with Gasteiger partial charge in [-0.25, -0.2) is 0 Å². The van der Waals surface area contributed by atoms with Gasteiger partial charge >= 0.3 is 0 Å². The first-order valence-electron chi connectivity index (χ1n) is 7.81. The van der Waals surface area contributed by atoms with Crippen molar-refractivity contribution in [2.75, 3.05) is 0 Å². The van der Waals surface area contributed by atoms with E-state index >= 15 is 0 Å². The molecule has 2 aromatic rings. The predicted molar refractivity (Wildman–Crippen MR) is 122 cm³/mol. The largest absolute Gasteiger partial charge is 0.264 e. The van der Waals surface area contributed by atoms with Crippen LogP contribution in [0.25, 0.3) is 9.81 Å². The smallest absolute Gasteiger partial charge is 0.0685 e. The van der Waals surface area contributed by atoms with E-state index < -0.39 is 10.0 Å². The van der Waals surface area contributed by atoms with Gasteiger partial charge in [0, 0.05) is 45.7 Å². The molecule has 26 heavy (non-hydrogen) atoms. The van der Waals surface area contributed by atoms with E-state index in [-0.39, 0.29) is 0 Å². The van der Waals surface area contributed by atoms with E-state index in [4.69, 9.17) is 0 Å². The summed E-state index contributed by atoms with van der Waals surface area (Å²) in [4.78, 5) is 10.7. The van der Waals surface area contributed by atoms with E-state index in [9.17, 15) is 0 Å². The molecule has 0 aliphatic carbocycles. The number of aromatic nitrogens is 2. The van der Waals surface area contributed by atoms with Crippen LogP contribution in [0.3, 0.4) is 0 Å². The van der Waals surface area contributed by atoms with Crippen LogP contribution in [0, 0.1) is 0 Å². The minimum atomic E-state index is -1.64. The number of pyridine rings is 2. The fraction of sp³-hybridized carbons (Fsp3) is 0. The van der Waals surface area contributed by atoms with Crippen molar-refractivity contribution >= 4 is 55.1 Å². The second-order valence-electron chi connectivity index (χ2n) is 5.46. The number of hydrogen-bond donors (Lipinski definition) is 0. The lowest BCUT2D eigenvalue weighted by Gasteiger charge is -2.39. The molecule has 4 heterocycles. The van der Waals surface area contributed by atoms with E-state index in [0.29, 0.717) is 0 Å². The van der Waals surface area contributed by atoms with Crippen LogP contribution in [0.15, 0.2) is 92.3 Å². The first-order valence-corrected chi connectivity index (χ1v) is 12.1. The van der Waals surface area contributed by atoms with Gasteiger partial charge in [0.1, 0.15) is 0 Å². The third-order valence-electron chi connectivity index (χ3n) is 4.04. The molecule has 0 unspecified atom stereocenters. The zero-order valence-corrected chi connectivity index (χ0v) is 17.1. The second kappa shape index (κ2) is 7.56. The van der Waals surface area contributed by atoms with Crippen LogP contribution in [0.5, 0.6) is 0 Å². The maximum absolute atomic E-state index is 4.53. The molecule has 0 aromatic carbocycles. The average molecular weight is 413 g/mol. The van der Waals surface area contributed by atoms with Gasteiger partial charge in [-0.3, -0.25) is 9.97 Å². The SMILES string of the molecule is C=C(c1cccnc1)S1(C(=C)c2cccnc2)C=CSC1=C1SC=CS1. The van der Waals surface area contributed by atoms with Crippen LogP contribution in [0.4, 0.5) is 0 Å². The number of thioether (sulfide) groups is 3. The Morgan fingerprint density at radius 3 is 1.88 bits per heavy atom. The van der Waals surface area contributed by atoms with Crippen LogP contribution >= 0.6 is 45.3 Å². The van der Waals surface area contributed by atoms with Gasteiger partial charge in [0.25, 0.3) is 0 Å². The Balaban J connectivity index is 1.90. The Morgan fingerprint density at radius 2 is 1.38 bits per heavy atom. The number of rotatable bonds is 4. The summed E-state index contributed by atoms with van der Waals surface area (Å²) >= 11 is 5.34. The highest BCUT2D eigenvalue weighted by Gasteiger charge is 2.39. The molecule has 2 aliphatic heterocycles. The Morgan fingerprint density at radius 1 is 0.808 bits per heavy atom. The van der Waals surface area contributed by atoms with Crippen molar-refractivity contribution in [3.63, 3.8) is 0 Å². The summed E-state index contributed by atoms with van der Waals surface area (Å²) in [6.45, 7) is 9.05. The molecule has 0 N–H and O–H groups in total. The molecule has 2 aromatic heterocycles. The number of hydrogen-bond acceptors (Lipinski definition) is 5. The topological polar surface area (TPSA) is 25.8 Å². The van der Waals surface area contributed by atoms with Gasteiger partial charge in [-0.1, -0.05) is 60.6 Å². The molecule has 2 aliphatic rings. The van der Waals surface area contributed by atoms with Crippen LogP contribution in [0.2, 0.25) is 0 Å². The summed E-state index contributed by atoms with van der Waals surface area (Å²) < 4.78 is 2.64. The van der Waals surface area contributed by atoms with E-state index in [1.807, 2.05) is 24.5 Å². The zero-order chi connectivity index (χ0) is 18.0. The highest BCUT2D eigenvalue weighted by Crippen LogP contribution is 2.81. The highest BCUT2D eigenvalue weighted by molar-refractivity contribution is 8.59. The second-order valence-corrected chi connectivity index (χ2v) is 11.7. The highest BCUT2D eigenvalue weighted by atomic mass is 32.3. The van der Waals surface area contributed by atoms with Crippen molar-refractivity contribution in [1.82, 2.24) is 9.97 Å². The predicted octanol–water partition coefficient (Wildman–Crippen LogP) is 7.22. The van der Waals surface area contributed by atoms with Crippen molar-refractivity contribution in [3.8, 4) is 0 Å². The van der Waals surface area contributed by atoms with Crippen LogP contribution in [0.1, 0.15) is 11.1 Å². The molecule has 0 spiro atoms. The lowest BCUT2D eigenvalue weighted by Crippen LogP contribution is -2.02. The van der Waals surface area contributed by atoms with Crippen molar-refractivity contribution in [1.29, 1.82) is 0 Å². The molecular weight excluding hydrogens is 397 g/mol. The minimum Gasteiger partial charge on any atom is -0.264 e. The Kier molecular flexibility index (Phi) is 5.18. The third kappa shape index (κ3) is 3.01. The summed E-state index contributed by atoms with van der Waals surface area (Å²) in [5, 5.41) is 8.75. The Hall–Kier alpha value is -1.60. The maximum Gasteiger partial charge on any atom is 0.0685 e. The van der Waals surface area contributed by atoms with E-state index in [1.165, 1.54) is 8.47 Å². The van der Waals surface area contributed by atoms with Gasteiger partial charge in [-0.2, -0.15) is 0 Å². The molecule has 130 valence electrons. The molecule has 0 fully saturated rings. The normalized spacial score (nSPS) is 18.9. The Labute approximate surface area is 168 Å². The van der Waals surface area contributed by atoms with Gasteiger partial charge < -0.3 is 0 Å². The van der Waals surface area contributed by atoms with Crippen LogP contribution in [-0.2, 0) is 0 Å². The molecule has 0 radical (unpaired) electrons. The lowest BCUT2D eigenvalue weighted by molar-refractivity contribution is 1.31. The first-order chi connectivity index (χ1) is 12.7. The molecule has 4 rings (SSSR count). The summed E-state index contributed by atoms with van der Waals surface area (Å²) in [6, 6.07) is 8.07. The summed E-state index contributed by atoms with van der Waals surface area (Å²) in [7, 11) is -1.64. The fourth-order valence-electron chi connectivity index (χ4n) is 2.76. The van der Waals surface area contributed by atoms with E-state index in [1.54, 1.807) is 47.7 Å². The lowest BCUT2D eigenvalue weighted by atomic mass is 10.3. The van der Waals surface area contributed by atoms with E-state index in [0.717, 1.165) is 20.9 Å². The van der Waals surface area contributed by atoms with Crippen LogP contribution in [-0.4, -0.2) is 9.97 Å². The maximum atomic E-state index is 4.53. The average Bonchev–Trinajstić information content (AvgIpc) is 3.38. The summed E-state index contributed by atoms with van der Waals surface area (Å²) in [6.07, 6.45) is 7.36. The van der Waals surface area contributed by atoms with Crippen LogP contribution < -0.4 is 0 Å². The number of nitrogens with zero attached hydrogens (tertiary/aromatic N) is 2. The molecule has 0 saturated carbocycles. The van der Waals surface area contributed by atoms with Gasteiger partial charge in [0.2, 0.25) is 0 Å². The van der Waals surface area contributed by atoms with Gasteiger partial charge in [-0.05, 0) is 33.8 Å². The first kappa shape index (κ1) is 17.8. The minimum absolute atomic E-state index is 1.05. The van der Waals surface area contributed by atoms with E-state index in [2.05, 4.69) is 56.9 Å². The fourth-order valence-corrected chi connectivity index (χ4v) is 10.9. The standard InChI is InChI=1S/C20H16N2S4/c1-15(17-5-3-7-21-13-17)26(16(2)18-6-4-8-22-14-18)12-11-25-20(26)19-23-9-10-24-19/h3-14H,1-2H2.